The average molecular weight is 327 g/mol. The van der Waals surface area contributed by atoms with Crippen LogP contribution in [-0.2, 0) is 16.1 Å². The first-order valence-electron chi connectivity index (χ1n) is 8.38. The van der Waals surface area contributed by atoms with Crippen LogP contribution in [0.15, 0.2) is 36.5 Å². The van der Waals surface area contributed by atoms with Gasteiger partial charge in [-0.3, -0.25) is 4.79 Å². The fourth-order valence-corrected chi connectivity index (χ4v) is 2.95. The zero-order valence-electron chi connectivity index (χ0n) is 14.6. The van der Waals surface area contributed by atoms with Crippen LogP contribution >= 0.6 is 0 Å². The topological polar surface area (TPSA) is 58.2 Å². The molecule has 1 unspecified atom stereocenters. The van der Waals surface area contributed by atoms with Crippen LogP contribution in [0.3, 0.4) is 0 Å². The number of aromatic nitrogens is 2. The first-order chi connectivity index (χ1) is 11.5. The van der Waals surface area contributed by atoms with Crippen molar-refractivity contribution in [1.82, 2.24) is 14.9 Å². The number of methoxy groups -OCH3 is 1. The van der Waals surface area contributed by atoms with E-state index in [1.165, 1.54) is 0 Å². The zero-order chi connectivity index (χ0) is 17.2. The lowest BCUT2D eigenvalue weighted by atomic mass is 10.1. The maximum absolute atomic E-state index is 13.2. The third-order valence-corrected chi connectivity index (χ3v) is 4.65. The zero-order valence-corrected chi connectivity index (χ0v) is 14.6. The molecule has 1 saturated carbocycles. The summed E-state index contributed by atoms with van der Waals surface area (Å²) in [6.45, 7) is 5.41. The van der Waals surface area contributed by atoms with Gasteiger partial charge in [0.15, 0.2) is 6.10 Å². The van der Waals surface area contributed by atoms with Crippen molar-refractivity contribution in [2.75, 3.05) is 13.7 Å². The maximum Gasteiger partial charge on any atom is 0.256 e. The number of hydrogen-bond acceptors (Lipinski definition) is 3. The van der Waals surface area contributed by atoms with Gasteiger partial charge in [0, 0.05) is 25.5 Å². The highest BCUT2D eigenvalue weighted by atomic mass is 16.5. The molecule has 1 aromatic carbocycles. The lowest BCUT2D eigenvalue weighted by Crippen LogP contribution is -2.39. The van der Waals surface area contributed by atoms with Crippen molar-refractivity contribution in [3.05, 3.63) is 53.6 Å². The molecule has 0 saturated heterocycles. The summed E-state index contributed by atoms with van der Waals surface area (Å²) in [4.78, 5) is 22.6. The molecule has 0 aliphatic heterocycles. The molecule has 2 aromatic rings. The van der Waals surface area contributed by atoms with Crippen molar-refractivity contribution in [2.45, 2.75) is 39.3 Å². The van der Waals surface area contributed by atoms with Crippen LogP contribution in [-0.4, -0.2) is 34.4 Å². The Morgan fingerprint density at radius 3 is 2.62 bits per heavy atom. The van der Waals surface area contributed by atoms with Crippen LogP contribution in [0.5, 0.6) is 0 Å². The molecule has 128 valence electrons. The minimum atomic E-state index is -0.579. The standard InChI is InChI=1S/C19H25N3O2/c1-14-11-20-16(21-14)12-22(13-19(2)9-10-19)18(23)17(24-3)15-7-5-4-6-8-15/h4-8,11,17H,9-10,12-13H2,1-3H3,(H,20,21). The Bertz CT molecular complexity index is 692. The van der Waals surface area contributed by atoms with Crippen LogP contribution in [0.1, 0.15) is 43.0 Å². The lowest BCUT2D eigenvalue weighted by molar-refractivity contribution is -0.144. The van der Waals surface area contributed by atoms with Gasteiger partial charge in [0.05, 0.1) is 6.54 Å². The molecule has 5 nitrogen and oxygen atoms in total. The van der Waals surface area contributed by atoms with Gasteiger partial charge < -0.3 is 14.6 Å². The largest absolute Gasteiger partial charge is 0.367 e. The normalized spacial score (nSPS) is 16.6. The number of carbonyl (C=O) groups is 1. The molecule has 1 N–H and O–H groups in total. The van der Waals surface area contributed by atoms with Gasteiger partial charge in [-0.2, -0.15) is 0 Å². The summed E-state index contributed by atoms with van der Waals surface area (Å²) in [6, 6.07) is 9.66. The summed E-state index contributed by atoms with van der Waals surface area (Å²) in [5.41, 5.74) is 2.11. The molecule has 1 heterocycles. The Labute approximate surface area is 143 Å². The van der Waals surface area contributed by atoms with Crippen molar-refractivity contribution < 1.29 is 9.53 Å². The molecule has 1 amide bonds. The predicted molar refractivity (Wildman–Crippen MR) is 92.3 cm³/mol. The molecule has 1 aliphatic rings. The molecule has 24 heavy (non-hydrogen) atoms. The minimum Gasteiger partial charge on any atom is -0.367 e. The molecule has 1 aliphatic carbocycles. The second-order valence-electron chi connectivity index (χ2n) is 7.04. The van der Waals surface area contributed by atoms with Crippen molar-refractivity contribution in [3.63, 3.8) is 0 Å². The molecule has 1 fully saturated rings. The number of aromatic amines is 1. The van der Waals surface area contributed by atoms with Gasteiger partial charge in [-0.15, -0.1) is 0 Å². The summed E-state index contributed by atoms with van der Waals surface area (Å²) in [5, 5.41) is 0. The van der Waals surface area contributed by atoms with Crippen LogP contribution in [0.4, 0.5) is 0 Å². The van der Waals surface area contributed by atoms with E-state index in [0.29, 0.717) is 6.54 Å². The Morgan fingerprint density at radius 2 is 2.08 bits per heavy atom. The second kappa shape index (κ2) is 6.77. The quantitative estimate of drug-likeness (QED) is 0.849. The van der Waals surface area contributed by atoms with Crippen molar-refractivity contribution in [2.24, 2.45) is 5.41 Å². The highest BCUT2D eigenvalue weighted by Gasteiger charge is 2.41. The minimum absolute atomic E-state index is 0.00845. The fraction of sp³-hybridized carbons (Fsp3) is 0.474. The van der Waals surface area contributed by atoms with Crippen molar-refractivity contribution >= 4 is 5.91 Å². The summed E-state index contributed by atoms with van der Waals surface area (Å²) in [5.74, 6) is 0.805. The first kappa shape index (κ1) is 16.7. The number of imidazole rings is 1. The number of H-pyrrole nitrogens is 1. The molecule has 5 heteroatoms. The van der Waals surface area contributed by atoms with E-state index in [4.69, 9.17) is 4.74 Å². The Hall–Kier alpha value is -2.14. The van der Waals surface area contributed by atoms with Gasteiger partial charge >= 0.3 is 0 Å². The van der Waals surface area contributed by atoms with E-state index in [-0.39, 0.29) is 11.3 Å². The SMILES string of the molecule is COC(C(=O)N(Cc1ncc(C)[nH]1)CC1(C)CC1)c1ccccc1. The van der Waals surface area contributed by atoms with Crippen molar-refractivity contribution in [1.29, 1.82) is 0 Å². The van der Waals surface area contributed by atoms with Gasteiger partial charge in [-0.1, -0.05) is 37.3 Å². The number of nitrogens with zero attached hydrogens (tertiary/aromatic N) is 2. The maximum atomic E-state index is 13.2. The molecular weight excluding hydrogens is 302 g/mol. The molecule has 0 bridgehead atoms. The third-order valence-electron chi connectivity index (χ3n) is 4.65. The molecule has 3 rings (SSSR count). The van der Waals surface area contributed by atoms with Gasteiger partial charge in [-0.25, -0.2) is 4.98 Å². The second-order valence-corrected chi connectivity index (χ2v) is 7.04. The third kappa shape index (κ3) is 3.85. The van der Waals surface area contributed by atoms with E-state index in [9.17, 15) is 4.79 Å². The lowest BCUT2D eigenvalue weighted by Gasteiger charge is -2.28. The highest BCUT2D eigenvalue weighted by molar-refractivity contribution is 5.82. The number of rotatable bonds is 7. The molecule has 1 atom stereocenters. The smallest absolute Gasteiger partial charge is 0.256 e. The van der Waals surface area contributed by atoms with Crippen molar-refractivity contribution in [3.8, 4) is 0 Å². The van der Waals surface area contributed by atoms with E-state index in [1.54, 1.807) is 13.3 Å². The van der Waals surface area contributed by atoms with Crippen LogP contribution in [0.2, 0.25) is 0 Å². The monoisotopic (exact) mass is 327 g/mol. The van der Waals surface area contributed by atoms with E-state index in [0.717, 1.165) is 36.5 Å². The summed E-state index contributed by atoms with van der Waals surface area (Å²) >= 11 is 0. The number of amides is 1. The predicted octanol–water partition coefficient (Wildman–Crippen LogP) is 3.23. The molecule has 1 aromatic heterocycles. The van der Waals surface area contributed by atoms with Gasteiger partial charge in [-0.05, 0) is 30.7 Å². The number of carbonyl (C=O) groups excluding carboxylic acids is 1. The summed E-state index contributed by atoms with van der Waals surface area (Å²) in [7, 11) is 1.59. The first-order valence-corrected chi connectivity index (χ1v) is 8.38. The molecular formula is C19H25N3O2. The van der Waals surface area contributed by atoms with Crippen LogP contribution in [0.25, 0.3) is 0 Å². The average Bonchev–Trinajstić information content (AvgIpc) is 3.16. The molecule has 0 spiro atoms. The number of hydrogen-bond donors (Lipinski definition) is 1. The van der Waals surface area contributed by atoms with Gasteiger partial charge in [0.2, 0.25) is 0 Å². The molecule has 0 radical (unpaired) electrons. The fourth-order valence-electron chi connectivity index (χ4n) is 2.95. The van der Waals surface area contributed by atoms with E-state index < -0.39 is 6.10 Å². The number of benzene rings is 1. The number of aryl methyl sites for hydroxylation is 1. The van der Waals surface area contributed by atoms with Crippen LogP contribution < -0.4 is 0 Å². The Balaban J connectivity index is 1.81. The van der Waals surface area contributed by atoms with E-state index >= 15 is 0 Å². The van der Waals surface area contributed by atoms with E-state index in [1.807, 2.05) is 42.2 Å². The number of nitrogens with one attached hydrogen (secondary N) is 1. The van der Waals surface area contributed by atoms with E-state index in [2.05, 4.69) is 16.9 Å². The summed E-state index contributed by atoms with van der Waals surface area (Å²) in [6.07, 6.45) is 3.54. The highest BCUT2D eigenvalue weighted by Crippen LogP contribution is 2.46. The Kier molecular flexibility index (Phi) is 4.71. The Morgan fingerprint density at radius 1 is 1.38 bits per heavy atom. The summed E-state index contributed by atoms with van der Waals surface area (Å²) < 4.78 is 5.54. The van der Waals surface area contributed by atoms with Crippen LogP contribution in [0, 0.1) is 12.3 Å². The number of ether oxygens (including phenoxy) is 1. The van der Waals surface area contributed by atoms with Gasteiger partial charge in [0.1, 0.15) is 5.82 Å². The van der Waals surface area contributed by atoms with Gasteiger partial charge in [0.25, 0.3) is 5.91 Å².